The number of rotatable bonds is 7. The number of anilines is 4. The molecular weight excluding hydrogens is 864 g/mol. The maximum absolute atomic E-state index is 4.99. The van der Waals surface area contributed by atoms with E-state index in [-0.39, 0.29) is 21.1 Å². The second-order valence-corrected chi connectivity index (χ2v) is 14.7. The molecule has 0 bridgehead atoms. The third kappa shape index (κ3) is 6.02. The van der Waals surface area contributed by atoms with E-state index < -0.39 is 5.41 Å². The van der Waals surface area contributed by atoms with Crippen LogP contribution in [0.2, 0.25) is 0 Å². The van der Waals surface area contributed by atoms with Gasteiger partial charge in [-0.15, -0.1) is 11.5 Å². The number of fused-ring (bicyclic) bond motifs is 4. The molecule has 0 amide bonds. The standard InChI is InChI=1S/C51H38N4.Pt/c1-51(2,38-18-15-21-41(33-38)54-35-53(40-19-7-4-8-20-40)47-26-13-14-27-48(47)54)39-28-29-45-44-24-11-12-25-46(44)55(49(45)34-39)50-32-37(30-31-52-50)43-23-10-9-22-42(43)36-16-5-3-6-17-36;/h3-32H,35H2,1-2H3;/q-2;+2. The van der Waals surface area contributed by atoms with Crippen molar-refractivity contribution in [1.29, 1.82) is 0 Å². The van der Waals surface area contributed by atoms with Crippen molar-refractivity contribution in [3.05, 3.63) is 205 Å². The van der Waals surface area contributed by atoms with Crippen molar-refractivity contribution >= 4 is 44.6 Å². The molecule has 0 radical (unpaired) electrons. The maximum Gasteiger partial charge on any atom is 2.00 e. The summed E-state index contributed by atoms with van der Waals surface area (Å²) in [5.41, 5.74) is 13.2. The topological polar surface area (TPSA) is 24.3 Å². The summed E-state index contributed by atoms with van der Waals surface area (Å²) in [4.78, 5) is 9.72. The Hall–Kier alpha value is -6.22. The van der Waals surface area contributed by atoms with Crippen molar-refractivity contribution in [1.82, 2.24) is 9.55 Å². The molecular formula is C51H38N4Pt. The van der Waals surface area contributed by atoms with E-state index in [1.165, 1.54) is 39.1 Å². The number of hydrogen-bond acceptors (Lipinski definition) is 3. The Morgan fingerprint density at radius 1 is 0.536 bits per heavy atom. The Morgan fingerprint density at radius 2 is 1.18 bits per heavy atom. The molecule has 1 aliphatic rings. The largest absolute Gasteiger partial charge is 2.00 e. The Kier molecular flexibility index (Phi) is 9.16. The van der Waals surface area contributed by atoms with Crippen LogP contribution in [-0.4, -0.2) is 16.2 Å². The van der Waals surface area contributed by atoms with Crippen molar-refractivity contribution < 1.29 is 21.1 Å². The normalized spacial score (nSPS) is 12.5. The fourth-order valence-electron chi connectivity index (χ4n) is 8.18. The second kappa shape index (κ2) is 14.5. The molecule has 5 heteroatoms. The first-order chi connectivity index (χ1) is 27.0. The van der Waals surface area contributed by atoms with Gasteiger partial charge >= 0.3 is 21.1 Å². The Morgan fingerprint density at radius 3 is 1.96 bits per heavy atom. The molecule has 7 aromatic carbocycles. The first kappa shape index (κ1) is 35.5. The SMILES string of the molecule is CC(C)(c1[c-]c(N2CN(c3ccccc3)c3ccccc32)ccc1)c1[c-]c2c(cc1)c1ccccc1n2-c1cc(-c2ccccc2-c2ccccc2)ccn1.[Pt+2]. The van der Waals surface area contributed by atoms with Crippen LogP contribution >= 0.6 is 0 Å². The Bertz CT molecular complexity index is 2840. The van der Waals surface area contributed by atoms with Crippen molar-refractivity contribution in [2.24, 2.45) is 0 Å². The molecule has 0 atom stereocenters. The molecule has 0 saturated carbocycles. The molecule has 9 aromatic rings. The first-order valence-corrected chi connectivity index (χ1v) is 18.8. The molecule has 0 fully saturated rings. The van der Waals surface area contributed by atoms with E-state index in [4.69, 9.17) is 4.98 Å². The quantitative estimate of drug-likeness (QED) is 0.149. The Labute approximate surface area is 342 Å². The first-order valence-electron chi connectivity index (χ1n) is 18.8. The van der Waals surface area contributed by atoms with E-state index >= 15 is 0 Å². The van der Waals surface area contributed by atoms with Gasteiger partial charge in [-0.05, 0) is 75.5 Å². The average molecular weight is 902 g/mol. The van der Waals surface area contributed by atoms with Crippen LogP contribution in [0.25, 0.3) is 49.9 Å². The van der Waals surface area contributed by atoms with Crippen LogP contribution in [0.1, 0.15) is 25.0 Å². The molecule has 0 unspecified atom stereocenters. The van der Waals surface area contributed by atoms with Gasteiger partial charge in [0.1, 0.15) is 5.82 Å². The molecule has 272 valence electrons. The minimum atomic E-state index is -0.395. The molecule has 0 spiro atoms. The van der Waals surface area contributed by atoms with Crippen LogP contribution in [-0.2, 0) is 26.5 Å². The second-order valence-electron chi connectivity index (χ2n) is 14.7. The minimum absolute atomic E-state index is 0. The summed E-state index contributed by atoms with van der Waals surface area (Å²) in [6.07, 6.45) is 1.93. The number of hydrogen-bond donors (Lipinski definition) is 0. The van der Waals surface area contributed by atoms with Gasteiger partial charge in [0.25, 0.3) is 0 Å². The summed E-state index contributed by atoms with van der Waals surface area (Å²) >= 11 is 0. The molecule has 0 aliphatic carbocycles. The van der Waals surface area contributed by atoms with E-state index in [0.29, 0.717) is 6.67 Å². The average Bonchev–Trinajstić information content (AvgIpc) is 3.81. The van der Waals surface area contributed by atoms with Crippen LogP contribution in [0.3, 0.4) is 0 Å². The van der Waals surface area contributed by atoms with Gasteiger partial charge in [0.15, 0.2) is 0 Å². The van der Waals surface area contributed by atoms with Gasteiger partial charge in [0.05, 0.1) is 18.0 Å². The molecule has 10 rings (SSSR count). The number of aromatic nitrogens is 2. The van der Waals surface area contributed by atoms with Gasteiger partial charge in [-0.25, -0.2) is 4.98 Å². The van der Waals surface area contributed by atoms with Gasteiger partial charge < -0.3 is 14.4 Å². The van der Waals surface area contributed by atoms with Crippen LogP contribution < -0.4 is 9.80 Å². The van der Waals surface area contributed by atoms with Gasteiger partial charge in [-0.3, -0.25) is 0 Å². The number of pyridine rings is 1. The molecule has 4 nitrogen and oxygen atoms in total. The van der Waals surface area contributed by atoms with E-state index in [0.717, 1.165) is 44.6 Å². The fourth-order valence-corrected chi connectivity index (χ4v) is 8.18. The molecule has 56 heavy (non-hydrogen) atoms. The fraction of sp³-hybridized carbons (Fsp3) is 0.0784. The summed E-state index contributed by atoms with van der Waals surface area (Å²) in [7, 11) is 0. The van der Waals surface area contributed by atoms with Crippen LogP contribution in [0.5, 0.6) is 0 Å². The van der Waals surface area contributed by atoms with E-state index in [1.807, 2.05) is 6.20 Å². The third-order valence-corrected chi connectivity index (χ3v) is 11.1. The van der Waals surface area contributed by atoms with Gasteiger partial charge in [-0.2, -0.15) is 47.5 Å². The van der Waals surface area contributed by atoms with Gasteiger partial charge in [0, 0.05) is 17.4 Å². The maximum atomic E-state index is 4.99. The van der Waals surface area contributed by atoms with E-state index in [2.05, 4.69) is 216 Å². The smallest absolute Gasteiger partial charge is 0.345 e. The van der Waals surface area contributed by atoms with Crippen LogP contribution in [0, 0.1) is 12.1 Å². The predicted molar refractivity (Wildman–Crippen MR) is 228 cm³/mol. The van der Waals surface area contributed by atoms with Crippen LogP contribution in [0.4, 0.5) is 22.7 Å². The molecule has 0 N–H and O–H groups in total. The number of para-hydroxylation sites is 4. The van der Waals surface area contributed by atoms with Crippen molar-refractivity contribution in [2.75, 3.05) is 16.5 Å². The van der Waals surface area contributed by atoms with Crippen molar-refractivity contribution in [3.8, 4) is 28.1 Å². The zero-order valence-corrected chi connectivity index (χ0v) is 33.4. The molecule has 1 aliphatic heterocycles. The number of nitrogens with zero attached hydrogens (tertiary/aromatic N) is 4. The summed E-state index contributed by atoms with van der Waals surface area (Å²) in [6, 6.07) is 70.2. The predicted octanol–water partition coefficient (Wildman–Crippen LogP) is 12.7. The third-order valence-electron chi connectivity index (χ3n) is 11.1. The zero-order chi connectivity index (χ0) is 36.9. The van der Waals surface area contributed by atoms with Crippen LogP contribution in [0.15, 0.2) is 182 Å². The van der Waals surface area contributed by atoms with Gasteiger partial charge in [0.2, 0.25) is 0 Å². The summed E-state index contributed by atoms with van der Waals surface area (Å²) in [5, 5.41) is 2.33. The summed E-state index contributed by atoms with van der Waals surface area (Å²) < 4.78 is 2.28. The molecule has 3 heterocycles. The Balaban J connectivity index is 0.00000410. The number of benzene rings is 7. The molecule has 0 saturated heterocycles. The van der Waals surface area contributed by atoms with E-state index in [9.17, 15) is 0 Å². The molecule has 2 aromatic heterocycles. The zero-order valence-electron chi connectivity index (χ0n) is 31.1. The van der Waals surface area contributed by atoms with Crippen molar-refractivity contribution in [2.45, 2.75) is 19.3 Å². The monoisotopic (exact) mass is 901 g/mol. The minimum Gasteiger partial charge on any atom is -0.345 e. The van der Waals surface area contributed by atoms with Crippen molar-refractivity contribution in [3.63, 3.8) is 0 Å². The summed E-state index contributed by atoms with van der Waals surface area (Å²) in [6.45, 7) is 5.27. The summed E-state index contributed by atoms with van der Waals surface area (Å²) in [5.74, 6) is 0.863. The van der Waals surface area contributed by atoms with E-state index in [1.54, 1.807) is 0 Å². The van der Waals surface area contributed by atoms with Gasteiger partial charge in [-0.1, -0.05) is 128 Å².